The van der Waals surface area contributed by atoms with E-state index < -0.39 is 17.7 Å². The summed E-state index contributed by atoms with van der Waals surface area (Å²) in [6, 6.07) is 39.5. The summed E-state index contributed by atoms with van der Waals surface area (Å²) in [4.78, 5) is 61.3. The number of fused-ring (bicyclic) bond motifs is 1. The van der Waals surface area contributed by atoms with E-state index in [4.69, 9.17) is 9.47 Å². The number of pyridine rings is 1. The third-order valence-electron chi connectivity index (χ3n) is 14.4. The molecule has 9 rings (SSSR count). The van der Waals surface area contributed by atoms with Crippen LogP contribution in [0.15, 0.2) is 138 Å². The molecule has 14 heteroatoms. The number of carbonyl (C=O) groups is 3. The van der Waals surface area contributed by atoms with Crippen LogP contribution in [0.25, 0.3) is 10.9 Å². The number of H-pyrrole nitrogens is 1. The standard InChI is InChI=1S/C56H61N5O9/c62-48-20-18-46(47-19-21-50(64)58-52(47)48)49(63)33-57-27-22-39-14-16-42(17-15-39)53(66)60-30-25-55(26-31-60)37-61(38-55)51(65)36-69-45-13-7-12-44(32-45)56(68,43-10-5-2-6-11-43)54(67)70-35-41-23-28-59(29-24-41)34-40-8-3-1-4-9-40/h1-21,32,41,49,57,62-63,68H,22-31,33-38H2,(H,58,64)/t49-,56-/m0/s1. The van der Waals surface area contributed by atoms with Gasteiger partial charge in [0.25, 0.3) is 11.8 Å². The highest BCUT2D eigenvalue weighted by Crippen LogP contribution is 2.41. The first-order chi connectivity index (χ1) is 34.0. The number of hydrogen-bond acceptors (Lipinski definition) is 11. The molecule has 1 spiro atoms. The Hall–Kier alpha value is -6.84. The molecule has 14 nitrogen and oxygen atoms in total. The maximum atomic E-state index is 13.9. The summed E-state index contributed by atoms with van der Waals surface area (Å²) >= 11 is 0. The number of rotatable bonds is 17. The number of piperidine rings is 2. The number of amides is 2. The van der Waals surface area contributed by atoms with E-state index >= 15 is 0 Å². The number of aromatic nitrogens is 1. The third-order valence-corrected chi connectivity index (χ3v) is 14.4. The van der Waals surface area contributed by atoms with Gasteiger partial charge in [-0.2, -0.15) is 0 Å². The SMILES string of the molecule is O=C(COc1cccc([C@](O)(C(=O)OCC2CCN(Cc3ccccc3)CC2)c2ccccc2)c1)N1CC2(CCN(C(=O)c3ccc(CCNC[C@H](O)c4ccc(O)c5[nH]c(=O)ccc45)cc3)CC2)C1. The summed E-state index contributed by atoms with van der Waals surface area (Å²) < 4.78 is 11.9. The average Bonchev–Trinajstić information content (AvgIpc) is 3.38. The van der Waals surface area contributed by atoms with Gasteiger partial charge in [-0.3, -0.25) is 19.3 Å². The number of hydrogen-bond donors (Lipinski definition) is 5. The summed E-state index contributed by atoms with van der Waals surface area (Å²) in [7, 11) is 0. The van der Waals surface area contributed by atoms with E-state index in [-0.39, 0.29) is 59.8 Å². The molecule has 0 radical (unpaired) electrons. The van der Waals surface area contributed by atoms with Crippen LogP contribution < -0.4 is 15.6 Å². The lowest BCUT2D eigenvalue weighted by atomic mass is 9.72. The molecule has 3 fully saturated rings. The van der Waals surface area contributed by atoms with Gasteiger partial charge >= 0.3 is 5.97 Å². The molecule has 3 aliphatic heterocycles. The van der Waals surface area contributed by atoms with Gasteiger partial charge in [0, 0.05) is 67.3 Å². The zero-order chi connectivity index (χ0) is 48.7. The molecule has 0 saturated carbocycles. The number of esters is 1. The van der Waals surface area contributed by atoms with Crippen molar-refractivity contribution in [2.75, 3.05) is 65.6 Å². The fourth-order valence-electron chi connectivity index (χ4n) is 10.1. The van der Waals surface area contributed by atoms with Crippen molar-refractivity contribution >= 4 is 28.7 Å². The molecule has 3 aliphatic rings. The minimum Gasteiger partial charge on any atom is -0.506 e. The molecule has 0 bridgehead atoms. The maximum absolute atomic E-state index is 13.9. The minimum atomic E-state index is -2.09. The maximum Gasteiger partial charge on any atom is 0.347 e. The molecule has 4 heterocycles. The van der Waals surface area contributed by atoms with Crippen LogP contribution in [0.1, 0.15) is 70.0 Å². The number of ether oxygens (including phenoxy) is 2. The second-order valence-electron chi connectivity index (χ2n) is 19.2. The predicted octanol–water partition coefficient (Wildman–Crippen LogP) is 5.93. The molecule has 5 N–H and O–H groups in total. The van der Waals surface area contributed by atoms with Gasteiger partial charge in [-0.1, -0.05) is 91.0 Å². The van der Waals surface area contributed by atoms with Crippen LogP contribution in [0.3, 0.4) is 0 Å². The van der Waals surface area contributed by atoms with Crippen LogP contribution in [0.5, 0.6) is 11.5 Å². The molecule has 2 amide bonds. The van der Waals surface area contributed by atoms with Crippen molar-refractivity contribution in [1.82, 2.24) is 25.0 Å². The molecule has 2 atom stereocenters. The van der Waals surface area contributed by atoms with Crippen molar-refractivity contribution < 1.29 is 39.2 Å². The van der Waals surface area contributed by atoms with Gasteiger partial charge in [-0.05, 0) is 116 Å². The first-order valence-corrected chi connectivity index (χ1v) is 24.3. The van der Waals surface area contributed by atoms with Crippen LogP contribution in [-0.4, -0.2) is 118 Å². The summed E-state index contributed by atoms with van der Waals surface area (Å²) in [5.41, 5.74) is 2.04. The van der Waals surface area contributed by atoms with E-state index in [1.165, 1.54) is 17.7 Å². The molecule has 1 aromatic heterocycles. The van der Waals surface area contributed by atoms with Crippen LogP contribution in [0.4, 0.5) is 0 Å². The van der Waals surface area contributed by atoms with Crippen molar-refractivity contribution in [3.8, 4) is 11.5 Å². The number of nitrogens with one attached hydrogen (secondary N) is 2. The second kappa shape index (κ2) is 21.4. The van der Waals surface area contributed by atoms with Gasteiger partial charge in [-0.25, -0.2) is 4.79 Å². The van der Waals surface area contributed by atoms with Gasteiger partial charge in [0.15, 0.2) is 6.61 Å². The molecular weight excluding hydrogens is 887 g/mol. The summed E-state index contributed by atoms with van der Waals surface area (Å²) in [6.07, 6.45) is 3.20. The van der Waals surface area contributed by atoms with E-state index in [1.807, 2.05) is 41.3 Å². The number of aromatic amines is 1. The van der Waals surface area contributed by atoms with Crippen LogP contribution in [-0.2, 0) is 32.9 Å². The Morgan fingerprint density at radius 3 is 2.21 bits per heavy atom. The molecule has 70 heavy (non-hydrogen) atoms. The van der Waals surface area contributed by atoms with Gasteiger partial charge in [0.2, 0.25) is 11.2 Å². The van der Waals surface area contributed by atoms with Crippen molar-refractivity contribution in [3.63, 3.8) is 0 Å². The first kappa shape index (κ1) is 48.2. The summed E-state index contributed by atoms with van der Waals surface area (Å²) in [6.45, 7) is 5.97. The fraction of sp³-hybridized carbons (Fsp3) is 0.357. The number of nitrogens with zero attached hydrogens (tertiary/aromatic N) is 3. The number of phenols is 1. The lowest BCUT2D eigenvalue weighted by Crippen LogP contribution is -2.62. The smallest absolute Gasteiger partial charge is 0.347 e. The molecule has 364 valence electrons. The van der Waals surface area contributed by atoms with Crippen LogP contribution in [0.2, 0.25) is 0 Å². The van der Waals surface area contributed by atoms with E-state index in [2.05, 4.69) is 39.5 Å². The number of aliphatic hydroxyl groups is 2. The van der Waals surface area contributed by atoms with Gasteiger partial charge in [0.1, 0.15) is 11.5 Å². The zero-order valence-electron chi connectivity index (χ0n) is 39.3. The third kappa shape index (κ3) is 11.0. The van der Waals surface area contributed by atoms with Crippen molar-refractivity contribution in [1.29, 1.82) is 0 Å². The number of likely N-dealkylation sites (tertiary alicyclic amines) is 3. The number of carbonyl (C=O) groups excluding carboxylic acids is 3. The predicted molar refractivity (Wildman–Crippen MR) is 265 cm³/mol. The highest BCUT2D eigenvalue weighted by molar-refractivity contribution is 5.94. The lowest BCUT2D eigenvalue weighted by molar-refractivity contribution is -0.164. The highest BCUT2D eigenvalue weighted by atomic mass is 16.6. The Labute approximate surface area is 407 Å². The van der Waals surface area contributed by atoms with E-state index in [0.29, 0.717) is 72.5 Å². The van der Waals surface area contributed by atoms with Gasteiger partial charge in [-0.15, -0.1) is 0 Å². The Kier molecular flexibility index (Phi) is 14.8. The molecule has 5 aromatic carbocycles. The second-order valence-corrected chi connectivity index (χ2v) is 19.2. The topological polar surface area (TPSA) is 185 Å². The molecular formula is C56H61N5O9. The molecule has 0 aliphatic carbocycles. The first-order valence-electron chi connectivity index (χ1n) is 24.3. The van der Waals surface area contributed by atoms with Crippen molar-refractivity contribution in [2.45, 2.75) is 50.4 Å². The normalized spacial score (nSPS) is 17.4. The van der Waals surface area contributed by atoms with Gasteiger partial charge < -0.3 is 44.9 Å². The molecule has 0 unspecified atom stereocenters. The zero-order valence-corrected chi connectivity index (χ0v) is 39.3. The largest absolute Gasteiger partial charge is 0.506 e. The summed E-state index contributed by atoms with van der Waals surface area (Å²) in [5.74, 6) is -0.447. The van der Waals surface area contributed by atoms with E-state index in [1.54, 1.807) is 65.6 Å². The van der Waals surface area contributed by atoms with Crippen molar-refractivity contribution in [2.24, 2.45) is 11.3 Å². The quantitative estimate of drug-likeness (QED) is 0.0539. The van der Waals surface area contributed by atoms with Crippen molar-refractivity contribution in [3.05, 3.63) is 177 Å². The van der Waals surface area contributed by atoms with Gasteiger partial charge in [0.05, 0.1) is 18.2 Å². The monoisotopic (exact) mass is 947 g/mol. The summed E-state index contributed by atoms with van der Waals surface area (Å²) in [5, 5.41) is 37.1. The molecule has 6 aromatic rings. The highest BCUT2D eigenvalue weighted by Gasteiger charge is 2.47. The average molecular weight is 948 g/mol. The number of benzene rings is 5. The van der Waals surface area contributed by atoms with E-state index in [0.717, 1.165) is 50.9 Å². The Morgan fingerprint density at radius 2 is 1.49 bits per heavy atom. The minimum absolute atomic E-state index is 0.0177. The Balaban J connectivity index is 0.708. The fourth-order valence-corrected chi connectivity index (χ4v) is 10.1. The molecule has 3 saturated heterocycles. The Morgan fingerprint density at radius 1 is 0.786 bits per heavy atom. The lowest BCUT2D eigenvalue weighted by Gasteiger charge is -2.53. The number of aromatic hydroxyl groups is 1. The Bertz CT molecular complexity index is 2820. The number of aliphatic hydroxyl groups excluding tert-OH is 1. The van der Waals surface area contributed by atoms with Crippen LogP contribution in [0, 0.1) is 11.3 Å². The van der Waals surface area contributed by atoms with Crippen LogP contribution >= 0.6 is 0 Å². The number of phenolic OH excluding ortho intramolecular Hbond substituents is 1. The van der Waals surface area contributed by atoms with E-state index in [9.17, 15) is 34.5 Å².